The minimum atomic E-state index is 0.00630. The van der Waals surface area contributed by atoms with Gasteiger partial charge in [-0.3, -0.25) is 4.79 Å². The van der Waals surface area contributed by atoms with E-state index in [0.717, 1.165) is 22.0 Å². The van der Waals surface area contributed by atoms with Gasteiger partial charge in [0, 0.05) is 16.6 Å². The number of benzene rings is 2. The smallest absolute Gasteiger partial charge is 0.256 e. The highest BCUT2D eigenvalue weighted by Crippen LogP contribution is 2.32. The second kappa shape index (κ2) is 4.45. The van der Waals surface area contributed by atoms with Crippen LogP contribution in [0.1, 0.15) is 38.1 Å². The van der Waals surface area contributed by atoms with Crippen LogP contribution in [0.2, 0.25) is 0 Å². The summed E-state index contributed by atoms with van der Waals surface area (Å²) in [6, 6.07) is 11.7. The highest BCUT2D eigenvalue weighted by atomic mass is 16.1. The molecule has 0 atom stereocenters. The van der Waals surface area contributed by atoms with E-state index < -0.39 is 0 Å². The van der Waals surface area contributed by atoms with Crippen molar-refractivity contribution >= 4 is 22.4 Å². The second-order valence-electron chi connectivity index (χ2n) is 6.16. The van der Waals surface area contributed by atoms with Crippen molar-refractivity contribution in [2.75, 3.05) is 5.32 Å². The normalized spacial score (nSPS) is 13.0. The van der Waals surface area contributed by atoms with E-state index in [4.69, 9.17) is 0 Å². The molecule has 94 valence electrons. The Kier molecular flexibility index (Phi) is 3.12. The number of rotatable bonds is 0. The van der Waals surface area contributed by atoms with E-state index in [1.807, 2.05) is 36.4 Å². The summed E-state index contributed by atoms with van der Waals surface area (Å²) in [7, 11) is 0. The zero-order valence-electron chi connectivity index (χ0n) is 11.4. The molecule has 0 fully saturated rings. The molecule has 0 bridgehead atoms. The van der Waals surface area contributed by atoms with E-state index >= 15 is 0 Å². The zero-order chi connectivity index (χ0) is 13.3. The first-order valence-electron chi connectivity index (χ1n) is 6.19. The quantitative estimate of drug-likeness (QED) is 0.725. The van der Waals surface area contributed by atoms with Crippen LogP contribution in [-0.2, 0) is 0 Å². The third-order valence-electron chi connectivity index (χ3n) is 2.40. The molecule has 1 heterocycles. The molecular weight excluding hydrogens is 222 g/mol. The Hall–Kier alpha value is -1.83. The molecule has 1 aliphatic heterocycles. The summed E-state index contributed by atoms with van der Waals surface area (Å²) in [4.78, 5) is 11.4. The van der Waals surface area contributed by atoms with Crippen LogP contribution >= 0.6 is 0 Å². The monoisotopic (exact) mass is 241 g/mol. The summed E-state index contributed by atoms with van der Waals surface area (Å²) in [6.45, 7) is 8.75. The van der Waals surface area contributed by atoms with Gasteiger partial charge in [0.05, 0.1) is 0 Å². The standard InChI is InChI=1S/C11H7NO.C5H12/c13-11-8-5-1-3-7-4-2-6-9(12-11)10(7)8;1-5(2,3)4/h1-6H,(H,12,13);1-4H3. The van der Waals surface area contributed by atoms with Crippen molar-refractivity contribution in [1.29, 1.82) is 0 Å². The highest BCUT2D eigenvalue weighted by molar-refractivity contribution is 6.23. The molecule has 1 amide bonds. The van der Waals surface area contributed by atoms with Gasteiger partial charge in [-0.05, 0) is 22.9 Å². The zero-order valence-corrected chi connectivity index (χ0v) is 11.4. The molecular formula is C16H19NO. The first kappa shape index (κ1) is 12.6. The van der Waals surface area contributed by atoms with Crippen LogP contribution in [0.15, 0.2) is 36.4 Å². The molecule has 3 rings (SSSR count). The maximum absolute atomic E-state index is 11.4. The highest BCUT2D eigenvalue weighted by Gasteiger charge is 2.19. The van der Waals surface area contributed by atoms with Gasteiger partial charge < -0.3 is 5.32 Å². The van der Waals surface area contributed by atoms with Crippen molar-refractivity contribution in [1.82, 2.24) is 0 Å². The van der Waals surface area contributed by atoms with Gasteiger partial charge in [-0.25, -0.2) is 0 Å². The molecule has 2 aromatic carbocycles. The molecule has 0 saturated heterocycles. The minimum Gasteiger partial charge on any atom is -0.321 e. The van der Waals surface area contributed by atoms with Crippen molar-refractivity contribution in [3.8, 4) is 0 Å². The molecule has 18 heavy (non-hydrogen) atoms. The number of hydrogen-bond acceptors (Lipinski definition) is 1. The molecule has 1 aliphatic rings. The van der Waals surface area contributed by atoms with Crippen LogP contribution in [0.4, 0.5) is 5.69 Å². The Morgan fingerprint density at radius 3 is 2.11 bits per heavy atom. The molecule has 0 spiro atoms. The lowest BCUT2D eigenvalue weighted by molar-refractivity contribution is 0.103. The van der Waals surface area contributed by atoms with E-state index in [2.05, 4.69) is 33.0 Å². The Morgan fingerprint density at radius 1 is 0.944 bits per heavy atom. The van der Waals surface area contributed by atoms with Gasteiger partial charge in [-0.1, -0.05) is 52.0 Å². The van der Waals surface area contributed by atoms with E-state index in [1.165, 1.54) is 0 Å². The molecule has 0 aromatic heterocycles. The Labute approximate surface area is 108 Å². The summed E-state index contributed by atoms with van der Waals surface area (Å²) in [5.41, 5.74) is 2.21. The summed E-state index contributed by atoms with van der Waals surface area (Å²) < 4.78 is 0. The Morgan fingerprint density at radius 2 is 1.50 bits per heavy atom. The molecule has 0 radical (unpaired) electrons. The van der Waals surface area contributed by atoms with Gasteiger partial charge in [0.2, 0.25) is 0 Å². The lowest BCUT2D eigenvalue weighted by Crippen LogP contribution is -2.03. The number of carbonyl (C=O) groups excluding carboxylic acids is 1. The molecule has 0 saturated carbocycles. The van der Waals surface area contributed by atoms with Gasteiger partial charge >= 0.3 is 0 Å². The van der Waals surface area contributed by atoms with Crippen molar-refractivity contribution in [3.63, 3.8) is 0 Å². The van der Waals surface area contributed by atoms with Crippen molar-refractivity contribution in [2.45, 2.75) is 27.7 Å². The molecule has 2 heteroatoms. The van der Waals surface area contributed by atoms with E-state index in [-0.39, 0.29) is 5.91 Å². The third kappa shape index (κ3) is 2.70. The Balaban J connectivity index is 0.000000209. The van der Waals surface area contributed by atoms with Crippen LogP contribution in [-0.4, -0.2) is 5.91 Å². The second-order valence-corrected chi connectivity index (χ2v) is 6.16. The summed E-state index contributed by atoms with van der Waals surface area (Å²) in [5, 5.41) is 5.00. The van der Waals surface area contributed by atoms with Crippen LogP contribution < -0.4 is 5.32 Å². The predicted octanol–water partition coefficient (Wildman–Crippen LogP) is 4.46. The van der Waals surface area contributed by atoms with Gasteiger partial charge in [-0.15, -0.1) is 0 Å². The number of hydrogen-bond donors (Lipinski definition) is 1. The average molecular weight is 241 g/mol. The SMILES string of the molecule is CC(C)(C)C.O=C1Nc2cccc3cccc1c23. The van der Waals surface area contributed by atoms with Gasteiger partial charge in [0.1, 0.15) is 0 Å². The lowest BCUT2D eigenvalue weighted by Gasteiger charge is -2.05. The lowest BCUT2D eigenvalue weighted by atomic mass is 10.0. The van der Waals surface area contributed by atoms with E-state index in [1.54, 1.807) is 0 Å². The molecule has 0 aliphatic carbocycles. The van der Waals surface area contributed by atoms with Crippen molar-refractivity contribution < 1.29 is 4.79 Å². The minimum absolute atomic E-state index is 0.00630. The van der Waals surface area contributed by atoms with Crippen molar-refractivity contribution in [2.24, 2.45) is 5.41 Å². The molecule has 2 nitrogen and oxygen atoms in total. The predicted molar refractivity (Wildman–Crippen MR) is 77.0 cm³/mol. The molecule has 1 N–H and O–H groups in total. The van der Waals surface area contributed by atoms with Crippen molar-refractivity contribution in [3.05, 3.63) is 42.0 Å². The van der Waals surface area contributed by atoms with Gasteiger partial charge in [0.15, 0.2) is 0 Å². The summed E-state index contributed by atoms with van der Waals surface area (Å²) >= 11 is 0. The number of nitrogens with one attached hydrogen (secondary N) is 1. The fourth-order valence-electron chi connectivity index (χ4n) is 1.82. The van der Waals surface area contributed by atoms with Gasteiger partial charge in [0.25, 0.3) is 5.91 Å². The molecule has 2 aromatic rings. The largest absolute Gasteiger partial charge is 0.321 e. The van der Waals surface area contributed by atoms with E-state index in [9.17, 15) is 4.79 Å². The topological polar surface area (TPSA) is 29.1 Å². The number of carbonyl (C=O) groups is 1. The number of anilines is 1. The number of amides is 1. The fourth-order valence-corrected chi connectivity index (χ4v) is 1.82. The fraction of sp³-hybridized carbons (Fsp3) is 0.312. The maximum atomic E-state index is 11.4. The van der Waals surface area contributed by atoms with E-state index in [0.29, 0.717) is 5.41 Å². The average Bonchev–Trinajstić information content (AvgIpc) is 2.56. The molecule has 0 unspecified atom stereocenters. The Bertz CT molecular complexity index is 582. The first-order valence-corrected chi connectivity index (χ1v) is 6.19. The van der Waals surface area contributed by atoms with Crippen LogP contribution in [0.5, 0.6) is 0 Å². The first-order chi connectivity index (χ1) is 8.36. The summed E-state index contributed by atoms with van der Waals surface area (Å²) in [5.74, 6) is 0.00630. The van der Waals surface area contributed by atoms with Crippen LogP contribution in [0.3, 0.4) is 0 Å². The van der Waals surface area contributed by atoms with Crippen LogP contribution in [0, 0.1) is 5.41 Å². The third-order valence-corrected chi connectivity index (χ3v) is 2.40. The maximum Gasteiger partial charge on any atom is 0.256 e. The summed E-state index contributed by atoms with van der Waals surface area (Å²) in [6.07, 6.45) is 0. The van der Waals surface area contributed by atoms with Crippen LogP contribution in [0.25, 0.3) is 10.8 Å². The van der Waals surface area contributed by atoms with Gasteiger partial charge in [-0.2, -0.15) is 0 Å².